The van der Waals surface area contributed by atoms with Gasteiger partial charge in [-0.1, -0.05) is 140 Å². The Balaban J connectivity index is 1.14. The van der Waals surface area contributed by atoms with E-state index in [4.69, 9.17) is 9.97 Å². The second-order valence-corrected chi connectivity index (χ2v) is 12.1. The molecule has 0 saturated heterocycles. The van der Waals surface area contributed by atoms with Crippen LogP contribution in [-0.2, 0) is 0 Å². The lowest BCUT2D eigenvalue weighted by molar-refractivity contribution is 1.18. The highest BCUT2D eigenvalue weighted by atomic mass is 14.9. The van der Waals surface area contributed by atoms with Gasteiger partial charge in [0.2, 0.25) is 0 Å². The Kier molecular flexibility index (Phi) is 6.80. The van der Waals surface area contributed by atoms with Gasteiger partial charge in [0, 0.05) is 34.6 Å². The van der Waals surface area contributed by atoms with Crippen molar-refractivity contribution in [3.63, 3.8) is 0 Å². The molecule has 0 aliphatic heterocycles. The summed E-state index contributed by atoms with van der Waals surface area (Å²) in [6.45, 7) is 0. The minimum atomic E-state index is 0.690. The van der Waals surface area contributed by atoms with Gasteiger partial charge < -0.3 is 0 Å². The largest absolute Gasteiger partial charge is 0.264 e. The van der Waals surface area contributed by atoms with E-state index in [2.05, 4.69) is 145 Å². The van der Waals surface area contributed by atoms with E-state index < -0.39 is 0 Å². The minimum absolute atomic E-state index is 0.690. The first-order chi connectivity index (χ1) is 23.8. The van der Waals surface area contributed by atoms with Gasteiger partial charge in [0.15, 0.2) is 5.82 Å². The fourth-order valence-corrected chi connectivity index (χ4v) is 6.77. The van der Waals surface area contributed by atoms with Gasteiger partial charge in [-0.15, -0.1) is 0 Å². The molecule has 3 nitrogen and oxygen atoms in total. The van der Waals surface area contributed by atoms with Crippen LogP contribution in [0, 0.1) is 0 Å². The van der Waals surface area contributed by atoms with Gasteiger partial charge in [-0.05, 0) is 73.3 Å². The average molecular weight is 612 g/mol. The molecule has 0 fully saturated rings. The van der Waals surface area contributed by atoms with Crippen LogP contribution in [0.2, 0.25) is 0 Å². The highest BCUT2D eigenvalue weighted by molar-refractivity contribution is 6.25. The molecule has 48 heavy (non-hydrogen) atoms. The fraction of sp³-hybridized carbons (Fsp3) is 0. The van der Waals surface area contributed by atoms with Crippen molar-refractivity contribution in [2.24, 2.45) is 0 Å². The predicted molar refractivity (Wildman–Crippen MR) is 200 cm³/mol. The van der Waals surface area contributed by atoms with Crippen LogP contribution in [0.3, 0.4) is 0 Å². The number of hydrogen-bond acceptors (Lipinski definition) is 3. The third-order valence-corrected chi connectivity index (χ3v) is 9.17. The van der Waals surface area contributed by atoms with Crippen molar-refractivity contribution < 1.29 is 0 Å². The molecular formula is C45H29N3. The number of rotatable bonds is 5. The normalized spacial score (nSPS) is 11.3. The molecular weight excluding hydrogens is 583 g/mol. The third-order valence-electron chi connectivity index (χ3n) is 9.17. The molecule has 0 unspecified atom stereocenters. The maximum atomic E-state index is 5.11. The zero-order valence-corrected chi connectivity index (χ0v) is 26.1. The summed E-state index contributed by atoms with van der Waals surface area (Å²) in [7, 11) is 0. The number of nitrogens with zero attached hydrogens (tertiary/aromatic N) is 3. The van der Waals surface area contributed by atoms with E-state index in [1.165, 1.54) is 43.4 Å². The lowest BCUT2D eigenvalue weighted by atomic mass is 9.92. The smallest absolute Gasteiger partial charge is 0.160 e. The van der Waals surface area contributed by atoms with Gasteiger partial charge in [-0.2, -0.15) is 0 Å². The zero-order valence-electron chi connectivity index (χ0n) is 26.1. The molecule has 2 aromatic heterocycles. The van der Waals surface area contributed by atoms with E-state index in [1.807, 2.05) is 30.5 Å². The zero-order chi connectivity index (χ0) is 31.9. The van der Waals surface area contributed by atoms with Crippen LogP contribution >= 0.6 is 0 Å². The topological polar surface area (TPSA) is 38.7 Å². The maximum Gasteiger partial charge on any atom is 0.160 e. The predicted octanol–water partition coefficient (Wildman–Crippen LogP) is 11.7. The molecule has 0 saturated carbocycles. The molecule has 0 radical (unpaired) electrons. The standard InChI is InChI=1S/C45H29N3/c1-2-10-31(11-3-1)43-28-44(48-45(47-43)35-13-8-12-33(26-35)36-14-9-25-46-29-36)32-21-19-30(20-22-32)34-23-24-41-39-17-5-4-15-37(39)38-16-6-7-18-40(38)42(41)27-34/h1-29H. The molecule has 0 aliphatic rings. The van der Waals surface area contributed by atoms with Gasteiger partial charge in [-0.3, -0.25) is 4.98 Å². The molecule has 9 aromatic rings. The van der Waals surface area contributed by atoms with Gasteiger partial charge in [0.05, 0.1) is 11.4 Å². The summed E-state index contributed by atoms with van der Waals surface area (Å²) in [6.07, 6.45) is 3.68. The van der Waals surface area contributed by atoms with E-state index in [0.29, 0.717) is 5.82 Å². The monoisotopic (exact) mass is 611 g/mol. The molecule has 0 bridgehead atoms. The summed E-state index contributed by atoms with van der Waals surface area (Å²) >= 11 is 0. The molecule has 0 N–H and O–H groups in total. The Bertz CT molecular complexity index is 2560. The van der Waals surface area contributed by atoms with Crippen molar-refractivity contribution in [3.05, 3.63) is 176 Å². The maximum absolute atomic E-state index is 5.11. The molecule has 224 valence electrons. The van der Waals surface area contributed by atoms with E-state index in [0.717, 1.165) is 39.2 Å². The van der Waals surface area contributed by atoms with Crippen molar-refractivity contribution in [2.45, 2.75) is 0 Å². The number of aromatic nitrogens is 3. The molecule has 0 spiro atoms. The quantitative estimate of drug-likeness (QED) is 0.182. The van der Waals surface area contributed by atoms with Crippen molar-refractivity contribution in [1.29, 1.82) is 0 Å². The summed E-state index contributed by atoms with van der Waals surface area (Å²) in [6, 6.07) is 57.8. The highest BCUT2D eigenvalue weighted by Crippen LogP contribution is 2.37. The number of hydrogen-bond donors (Lipinski definition) is 0. The third kappa shape index (κ3) is 4.99. The van der Waals surface area contributed by atoms with Crippen LogP contribution in [0.5, 0.6) is 0 Å². The van der Waals surface area contributed by atoms with E-state index in [9.17, 15) is 0 Å². The number of fused-ring (bicyclic) bond motifs is 6. The van der Waals surface area contributed by atoms with Crippen molar-refractivity contribution in [1.82, 2.24) is 15.0 Å². The first kappa shape index (κ1) is 27.8. The second-order valence-electron chi connectivity index (χ2n) is 12.1. The van der Waals surface area contributed by atoms with Crippen LogP contribution in [0.1, 0.15) is 0 Å². The molecule has 7 aromatic carbocycles. The molecule has 9 rings (SSSR count). The van der Waals surface area contributed by atoms with Gasteiger partial charge in [0.25, 0.3) is 0 Å². The van der Waals surface area contributed by atoms with Crippen LogP contribution < -0.4 is 0 Å². The molecule has 2 heterocycles. The lowest BCUT2D eigenvalue weighted by Gasteiger charge is -2.13. The average Bonchev–Trinajstić information content (AvgIpc) is 3.18. The van der Waals surface area contributed by atoms with E-state index in [1.54, 1.807) is 6.20 Å². The number of pyridine rings is 1. The SMILES string of the molecule is c1ccc(-c2cc(-c3ccc(-c4ccc5c6ccccc6c6ccccc6c5c4)cc3)nc(-c3cccc(-c4cccnc4)c3)n2)cc1. The second kappa shape index (κ2) is 11.7. The van der Waals surface area contributed by atoms with Crippen LogP contribution in [0.25, 0.3) is 88.5 Å². The summed E-state index contributed by atoms with van der Waals surface area (Å²) in [5.74, 6) is 0.690. The van der Waals surface area contributed by atoms with Crippen molar-refractivity contribution >= 4 is 32.3 Å². The fourth-order valence-electron chi connectivity index (χ4n) is 6.77. The molecule has 0 amide bonds. The Morgan fingerprint density at radius 2 is 0.792 bits per heavy atom. The van der Waals surface area contributed by atoms with Crippen LogP contribution in [0.4, 0.5) is 0 Å². The Labute approximate surface area is 278 Å². The minimum Gasteiger partial charge on any atom is -0.264 e. The van der Waals surface area contributed by atoms with Crippen LogP contribution in [0.15, 0.2) is 176 Å². The van der Waals surface area contributed by atoms with Gasteiger partial charge in [0.1, 0.15) is 0 Å². The van der Waals surface area contributed by atoms with E-state index >= 15 is 0 Å². The highest BCUT2D eigenvalue weighted by Gasteiger charge is 2.13. The molecule has 3 heteroatoms. The lowest BCUT2D eigenvalue weighted by Crippen LogP contribution is -1.96. The summed E-state index contributed by atoms with van der Waals surface area (Å²) < 4.78 is 0. The first-order valence-corrected chi connectivity index (χ1v) is 16.2. The van der Waals surface area contributed by atoms with Crippen molar-refractivity contribution in [3.8, 4) is 56.2 Å². The number of benzene rings is 7. The first-order valence-electron chi connectivity index (χ1n) is 16.2. The van der Waals surface area contributed by atoms with Gasteiger partial charge in [-0.25, -0.2) is 9.97 Å². The van der Waals surface area contributed by atoms with Crippen LogP contribution in [-0.4, -0.2) is 15.0 Å². The van der Waals surface area contributed by atoms with Crippen molar-refractivity contribution in [2.75, 3.05) is 0 Å². The summed E-state index contributed by atoms with van der Waals surface area (Å²) in [5, 5.41) is 7.69. The molecule has 0 aliphatic carbocycles. The Morgan fingerprint density at radius 1 is 0.292 bits per heavy atom. The Hall–Kier alpha value is -6.45. The summed E-state index contributed by atoms with van der Waals surface area (Å²) in [5.41, 5.74) is 9.32. The molecule has 0 atom stereocenters. The van der Waals surface area contributed by atoms with E-state index in [-0.39, 0.29) is 0 Å². The summed E-state index contributed by atoms with van der Waals surface area (Å²) in [4.78, 5) is 14.5. The van der Waals surface area contributed by atoms with Gasteiger partial charge >= 0.3 is 0 Å². The Morgan fingerprint density at radius 3 is 1.46 bits per heavy atom.